The maximum atomic E-state index is 11.3. The van der Waals surface area contributed by atoms with Gasteiger partial charge in [-0.3, -0.25) is 0 Å². The Morgan fingerprint density at radius 1 is 1.35 bits per heavy atom. The average Bonchev–Trinajstić information content (AvgIpc) is 2.34. The Morgan fingerprint density at radius 3 is 2.40 bits per heavy atom. The predicted octanol–water partition coefficient (Wildman–Crippen LogP) is 3.56. The number of carboxylic acid groups (broad SMARTS) is 1. The first-order valence-corrected chi connectivity index (χ1v) is 7.08. The van der Waals surface area contributed by atoms with Crippen molar-refractivity contribution in [2.24, 2.45) is 5.92 Å². The van der Waals surface area contributed by atoms with Gasteiger partial charge < -0.3 is 10.0 Å². The van der Waals surface area contributed by atoms with Gasteiger partial charge in [0.1, 0.15) is 5.82 Å². The van der Waals surface area contributed by atoms with Gasteiger partial charge in [-0.05, 0) is 24.5 Å². The highest BCUT2D eigenvalue weighted by Crippen LogP contribution is 2.24. The molecule has 0 aliphatic heterocycles. The Kier molecular flexibility index (Phi) is 5.15. The van der Waals surface area contributed by atoms with E-state index in [9.17, 15) is 9.90 Å². The van der Waals surface area contributed by atoms with Crippen LogP contribution in [0.2, 0.25) is 0 Å². The Labute approximate surface area is 121 Å². The molecule has 0 aliphatic carbocycles. The standard InChI is InChI=1S/C16H26N2O2/c1-11(2)7-8-18(6)14-10-12(15(19)20)9-13(17-14)16(3,4)5/h9-11H,7-8H2,1-6H3,(H,19,20). The van der Waals surface area contributed by atoms with Gasteiger partial charge in [-0.2, -0.15) is 0 Å². The molecule has 20 heavy (non-hydrogen) atoms. The van der Waals surface area contributed by atoms with Gasteiger partial charge in [0.15, 0.2) is 0 Å². The lowest BCUT2D eigenvalue weighted by molar-refractivity contribution is 0.0696. The van der Waals surface area contributed by atoms with Crippen LogP contribution in [0.15, 0.2) is 12.1 Å². The third-order valence-corrected chi connectivity index (χ3v) is 3.26. The first-order valence-electron chi connectivity index (χ1n) is 7.08. The van der Waals surface area contributed by atoms with Crippen molar-refractivity contribution in [2.45, 2.75) is 46.5 Å². The quantitative estimate of drug-likeness (QED) is 0.894. The largest absolute Gasteiger partial charge is 0.478 e. The van der Waals surface area contributed by atoms with Gasteiger partial charge in [0.05, 0.1) is 5.56 Å². The molecule has 0 fully saturated rings. The highest BCUT2D eigenvalue weighted by Gasteiger charge is 2.20. The Bertz CT molecular complexity index is 476. The van der Waals surface area contributed by atoms with Gasteiger partial charge in [0, 0.05) is 24.7 Å². The van der Waals surface area contributed by atoms with E-state index in [4.69, 9.17) is 0 Å². The first-order chi connectivity index (χ1) is 9.11. The summed E-state index contributed by atoms with van der Waals surface area (Å²) in [5, 5.41) is 9.25. The number of hydrogen-bond donors (Lipinski definition) is 1. The smallest absolute Gasteiger partial charge is 0.335 e. The zero-order chi connectivity index (χ0) is 15.5. The van der Waals surface area contributed by atoms with Crippen LogP contribution in [0.3, 0.4) is 0 Å². The summed E-state index contributed by atoms with van der Waals surface area (Å²) in [6, 6.07) is 3.32. The van der Waals surface area contributed by atoms with Gasteiger partial charge in [0.2, 0.25) is 0 Å². The van der Waals surface area contributed by atoms with E-state index in [0.717, 1.165) is 24.5 Å². The van der Waals surface area contributed by atoms with E-state index < -0.39 is 5.97 Å². The van der Waals surface area contributed by atoms with E-state index in [-0.39, 0.29) is 5.41 Å². The molecular weight excluding hydrogens is 252 g/mol. The molecular formula is C16H26N2O2. The van der Waals surface area contributed by atoms with Crippen molar-refractivity contribution >= 4 is 11.8 Å². The number of nitrogens with zero attached hydrogens (tertiary/aromatic N) is 2. The fraction of sp³-hybridized carbons (Fsp3) is 0.625. The molecule has 0 radical (unpaired) electrons. The molecule has 1 N–H and O–H groups in total. The fourth-order valence-electron chi connectivity index (χ4n) is 1.79. The van der Waals surface area contributed by atoms with Crippen LogP contribution in [-0.2, 0) is 5.41 Å². The Morgan fingerprint density at radius 2 is 1.95 bits per heavy atom. The number of aromatic carboxylic acids is 1. The lowest BCUT2D eigenvalue weighted by atomic mass is 9.90. The highest BCUT2D eigenvalue weighted by atomic mass is 16.4. The molecule has 1 aromatic rings. The van der Waals surface area contributed by atoms with Gasteiger partial charge in [-0.25, -0.2) is 9.78 Å². The number of pyridine rings is 1. The zero-order valence-electron chi connectivity index (χ0n) is 13.4. The summed E-state index contributed by atoms with van der Waals surface area (Å²) in [6.45, 7) is 11.3. The summed E-state index contributed by atoms with van der Waals surface area (Å²) in [6.07, 6.45) is 1.06. The van der Waals surface area contributed by atoms with E-state index in [2.05, 4.69) is 18.8 Å². The van der Waals surface area contributed by atoms with Crippen molar-refractivity contribution in [3.8, 4) is 0 Å². The van der Waals surface area contributed by atoms with Crippen LogP contribution in [0, 0.1) is 5.92 Å². The van der Waals surface area contributed by atoms with Crippen molar-refractivity contribution in [1.82, 2.24) is 4.98 Å². The molecule has 0 bridgehead atoms. The molecule has 0 spiro atoms. The van der Waals surface area contributed by atoms with Crippen LogP contribution in [0.25, 0.3) is 0 Å². The number of aromatic nitrogens is 1. The maximum absolute atomic E-state index is 11.3. The van der Waals surface area contributed by atoms with Crippen LogP contribution in [0.1, 0.15) is 57.1 Å². The summed E-state index contributed by atoms with van der Waals surface area (Å²) < 4.78 is 0. The van der Waals surface area contributed by atoms with E-state index in [0.29, 0.717) is 11.5 Å². The number of rotatable bonds is 5. The second-order valence-electron chi connectivity index (χ2n) is 6.76. The molecule has 1 heterocycles. The Balaban J connectivity index is 3.12. The zero-order valence-corrected chi connectivity index (χ0v) is 13.4. The molecule has 1 rings (SSSR count). The van der Waals surface area contributed by atoms with Crippen LogP contribution in [-0.4, -0.2) is 29.7 Å². The molecule has 0 amide bonds. The molecule has 0 unspecified atom stereocenters. The minimum absolute atomic E-state index is 0.168. The normalized spacial score (nSPS) is 11.8. The first kappa shape index (κ1) is 16.5. The highest BCUT2D eigenvalue weighted by molar-refractivity contribution is 5.88. The SMILES string of the molecule is CC(C)CCN(C)c1cc(C(=O)O)cc(C(C)(C)C)n1. The molecule has 0 aromatic carbocycles. The summed E-state index contributed by atoms with van der Waals surface area (Å²) in [5.41, 5.74) is 0.944. The average molecular weight is 278 g/mol. The van der Waals surface area contributed by atoms with Crippen LogP contribution in [0.5, 0.6) is 0 Å². The van der Waals surface area contributed by atoms with Crippen molar-refractivity contribution < 1.29 is 9.90 Å². The maximum Gasteiger partial charge on any atom is 0.335 e. The Hall–Kier alpha value is -1.58. The van der Waals surface area contributed by atoms with E-state index in [1.807, 2.05) is 32.7 Å². The summed E-state index contributed by atoms with van der Waals surface area (Å²) in [5.74, 6) is 0.439. The number of carboxylic acids is 1. The third kappa shape index (κ3) is 4.51. The molecule has 0 aliphatic rings. The van der Waals surface area contributed by atoms with Gasteiger partial charge >= 0.3 is 5.97 Å². The minimum atomic E-state index is -0.906. The summed E-state index contributed by atoms with van der Waals surface area (Å²) in [4.78, 5) is 17.9. The number of carbonyl (C=O) groups is 1. The topological polar surface area (TPSA) is 53.4 Å². The van der Waals surface area contributed by atoms with Crippen LogP contribution >= 0.6 is 0 Å². The van der Waals surface area contributed by atoms with Gasteiger partial charge in [0.25, 0.3) is 0 Å². The van der Waals surface area contributed by atoms with E-state index in [1.54, 1.807) is 12.1 Å². The molecule has 1 aromatic heterocycles. The van der Waals surface area contributed by atoms with E-state index >= 15 is 0 Å². The fourth-order valence-corrected chi connectivity index (χ4v) is 1.79. The molecule has 4 heteroatoms. The lowest BCUT2D eigenvalue weighted by Gasteiger charge is -2.24. The number of anilines is 1. The van der Waals surface area contributed by atoms with Gasteiger partial charge in [-0.15, -0.1) is 0 Å². The van der Waals surface area contributed by atoms with E-state index in [1.165, 1.54) is 0 Å². The molecule has 0 saturated carbocycles. The van der Waals surface area contributed by atoms with Crippen molar-refractivity contribution in [3.63, 3.8) is 0 Å². The molecule has 0 saturated heterocycles. The second kappa shape index (κ2) is 6.25. The lowest BCUT2D eigenvalue weighted by Crippen LogP contribution is -2.24. The number of hydrogen-bond acceptors (Lipinski definition) is 3. The summed E-state index contributed by atoms with van der Waals surface area (Å²) in [7, 11) is 1.96. The minimum Gasteiger partial charge on any atom is -0.478 e. The third-order valence-electron chi connectivity index (χ3n) is 3.26. The van der Waals surface area contributed by atoms with Crippen LogP contribution in [0.4, 0.5) is 5.82 Å². The van der Waals surface area contributed by atoms with Crippen LogP contribution < -0.4 is 4.90 Å². The molecule has 4 nitrogen and oxygen atoms in total. The van der Waals surface area contributed by atoms with Gasteiger partial charge in [-0.1, -0.05) is 34.6 Å². The van der Waals surface area contributed by atoms with Crippen molar-refractivity contribution in [2.75, 3.05) is 18.5 Å². The molecule has 0 atom stereocenters. The second-order valence-corrected chi connectivity index (χ2v) is 6.76. The predicted molar refractivity (Wildman–Crippen MR) is 82.6 cm³/mol. The molecule has 112 valence electrons. The van der Waals surface area contributed by atoms with Crippen molar-refractivity contribution in [1.29, 1.82) is 0 Å². The van der Waals surface area contributed by atoms with Crippen molar-refractivity contribution in [3.05, 3.63) is 23.4 Å². The monoisotopic (exact) mass is 278 g/mol. The summed E-state index contributed by atoms with van der Waals surface area (Å²) >= 11 is 0.